The molecule has 1 aromatic heterocycles. The first-order chi connectivity index (χ1) is 8.79. The molecule has 0 saturated heterocycles. The minimum absolute atomic E-state index is 0.183. The summed E-state index contributed by atoms with van der Waals surface area (Å²) in [7, 11) is 0. The Kier molecular flexibility index (Phi) is 4.59. The van der Waals surface area contributed by atoms with Gasteiger partial charge in [-0.2, -0.15) is 4.98 Å². The summed E-state index contributed by atoms with van der Waals surface area (Å²) >= 11 is 6.02. The number of nitrogens with zero attached hydrogens (tertiary/aromatic N) is 2. The summed E-state index contributed by atoms with van der Waals surface area (Å²) in [6, 6.07) is 9.62. The molecule has 0 fully saturated rings. The minimum Gasteiger partial charge on any atom is -0.493 e. The Balaban J connectivity index is 1.82. The molecule has 18 heavy (non-hydrogen) atoms. The molecule has 0 bridgehead atoms. The predicted molar refractivity (Wildman–Crippen MR) is 68.8 cm³/mol. The van der Waals surface area contributed by atoms with E-state index >= 15 is 0 Å². The molecule has 1 unspecified atom stereocenters. The van der Waals surface area contributed by atoms with Gasteiger partial charge in [0.15, 0.2) is 5.82 Å². The molecule has 0 amide bonds. The van der Waals surface area contributed by atoms with Gasteiger partial charge in [-0.15, -0.1) is 11.6 Å². The fraction of sp³-hybridized carbons (Fsp3) is 0.385. The molecule has 2 rings (SSSR count). The van der Waals surface area contributed by atoms with Crippen molar-refractivity contribution in [3.8, 4) is 5.75 Å². The van der Waals surface area contributed by atoms with Crippen LogP contribution in [0.5, 0.6) is 5.75 Å². The molecular formula is C13H15ClN2O2. The van der Waals surface area contributed by atoms with Gasteiger partial charge in [-0.05, 0) is 18.6 Å². The molecule has 0 N–H and O–H groups in total. The van der Waals surface area contributed by atoms with Crippen molar-refractivity contribution >= 4 is 11.6 Å². The smallest absolute Gasteiger partial charge is 0.230 e. The van der Waals surface area contributed by atoms with Crippen molar-refractivity contribution in [2.45, 2.75) is 25.1 Å². The van der Waals surface area contributed by atoms with Crippen molar-refractivity contribution in [1.82, 2.24) is 10.1 Å². The second-order valence-corrected chi connectivity index (χ2v) is 4.36. The number of hydrogen-bond acceptors (Lipinski definition) is 4. The zero-order valence-corrected chi connectivity index (χ0v) is 10.9. The van der Waals surface area contributed by atoms with Gasteiger partial charge in [0.25, 0.3) is 0 Å². The third kappa shape index (κ3) is 3.47. The molecule has 1 atom stereocenters. The molecule has 5 heteroatoms. The summed E-state index contributed by atoms with van der Waals surface area (Å²) in [5, 5.41) is 3.66. The Morgan fingerprint density at radius 1 is 1.33 bits per heavy atom. The van der Waals surface area contributed by atoms with Crippen molar-refractivity contribution in [3.63, 3.8) is 0 Å². The maximum Gasteiger partial charge on any atom is 0.230 e. The van der Waals surface area contributed by atoms with Crippen molar-refractivity contribution in [2.75, 3.05) is 6.61 Å². The lowest BCUT2D eigenvalue weighted by Gasteiger charge is -2.02. The topological polar surface area (TPSA) is 48.2 Å². The summed E-state index contributed by atoms with van der Waals surface area (Å²) in [6.45, 7) is 2.48. The summed E-state index contributed by atoms with van der Waals surface area (Å²) in [5.74, 6) is 1.94. The average molecular weight is 267 g/mol. The molecule has 4 nitrogen and oxygen atoms in total. The molecule has 0 aliphatic carbocycles. The van der Waals surface area contributed by atoms with Crippen LogP contribution in [0, 0.1) is 0 Å². The maximum atomic E-state index is 6.02. The normalized spacial score (nSPS) is 12.3. The molecule has 96 valence electrons. The fourth-order valence-corrected chi connectivity index (χ4v) is 1.54. The predicted octanol–water partition coefficient (Wildman–Crippen LogP) is 3.38. The Bertz CT molecular complexity index is 473. The second-order valence-electron chi connectivity index (χ2n) is 3.83. The van der Waals surface area contributed by atoms with Crippen LogP contribution in [0.1, 0.15) is 30.4 Å². The van der Waals surface area contributed by atoms with Gasteiger partial charge in [0.2, 0.25) is 5.89 Å². The Morgan fingerprint density at radius 3 is 2.83 bits per heavy atom. The first-order valence-electron chi connectivity index (χ1n) is 5.94. The van der Waals surface area contributed by atoms with E-state index in [1.165, 1.54) is 0 Å². The first kappa shape index (κ1) is 12.9. The lowest BCUT2D eigenvalue weighted by Crippen LogP contribution is -2.01. The summed E-state index contributed by atoms with van der Waals surface area (Å²) in [4.78, 5) is 4.22. The van der Waals surface area contributed by atoms with Gasteiger partial charge in [0.05, 0.1) is 18.4 Å². The monoisotopic (exact) mass is 266 g/mol. The third-order valence-corrected chi connectivity index (χ3v) is 2.95. The van der Waals surface area contributed by atoms with Crippen LogP contribution < -0.4 is 4.74 Å². The van der Waals surface area contributed by atoms with Crippen molar-refractivity contribution in [1.29, 1.82) is 0 Å². The molecule has 1 heterocycles. The third-order valence-electron chi connectivity index (χ3n) is 2.45. The Labute approximate surface area is 111 Å². The highest BCUT2D eigenvalue weighted by Crippen LogP contribution is 2.20. The highest BCUT2D eigenvalue weighted by molar-refractivity contribution is 6.20. The largest absolute Gasteiger partial charge is 0.493 e. The number of para-hydroxylation sites is 1. The zero-order valence-electron chi connectivity index (χ0n) is 10.2. The molecule has 1 aromatic carbocycles. The van der Waals surface area contributed by atoms with Crippen LogP contribution in [-0.4, -0.2) is 16.7 Å². The molecule has 0 aliphatic rings. The van der Waals surface area contributed by atoms with E-state index in [4.69, 9.17) is 20.9 Å². The van der Waals surface area contributed by atoms with E-state index in [-0.39, 0.29) is 5.38 Å². The molecule has 0 radical (unpaired) electrons. The number of ether oxygens (including phenoxy) is 1. The van der Waals surface area contributed by atoms with Crippen LogP contribution >= 0.6 is 11.6 Å². The summed E-state index contributed by atoms with van der Waals surface area (Å²) < 4.78 is 10.6. The number of alkyl halides is 1. The molecule has 0 saturated carbocycles. The van der Waals surface area contributed by atoms with Gasteiger partial charge >= 0.3 is 0 Å². The number of benzene rings is 1. The van der Waals surface area contributed by atoms with Crippen LogP contribution in [0.25, 0.3) is 0 Å². The van der Waals surface area contributed by atoms with Gasteiger partial charge in [-0.1, -0.05) is 30.3 Å². The standard InChI is InChI=1S/C13H15ClN2O2/c1-2-11(14)13-15-12(18-16-13)8-9-17-10-6-4-3-5-7-10/h3-7,11H,2,8-9H2,1H3. The van der Waals surface area contributed by atoms with Crippen LogP contribution in [-0.2, 0) is 6.42 Å². The van der Waals surface area contributed by atoms with Crippen molar-refractivity contribution < 1.29 is 9.26 Å². The van der Waals surface area contributed by atoms with Crippen LogP contribution in [0.3, 0.4) is 0 Å². The fourth-order valence-electron chi connectivity index (χ4n) is 1.45. The van der Waals surface area contributed by atoms with Crippen LogP contribution in [0.2, 0.25) is 0 Å². The van der Waals surface area contributed by atoms with Gasteiger partial charge in [-0.3, -0.25) is 0 Å². The first-order valence-corrected chi connectivity index (χ1v) is 6.37. The van der Waals surface area contributed by atoms with E-state index in [2.05, 4.69) is 10.1 Å². The molecule has 0 spiro atoms. The van der Waals surface area contributed by atoms with E-state index < -0.39 is 0 Å². The molecule has 2 aromatic rings. The van der Waals surface area contributed by atoms with Crippen molar-refractivity contribution in [2.24, 2.45) is 0 Å². The van der Waals surface area contributed by atoms with Crippen LogP contribution in [0.4, 0.5) is 0 Å². The van der Waals surface area contributed by atoms with Gasteiger partial charge in [-0.25, -0.2) is 0 Å². The lowest BCUT2D eigenvalue weighted by atomic mass is 10.3. The average Bonchev–Trinajstić information content (AvgIpc) is 2.88. The zero-order chi connectivity index (χ0) is 12.8. The molecular weight excluding hydrogens is 252 g/mol. The van der Waals surface area contributed by atoms with Gasteiger partial charge in [0.1, 0.15) is 5.75 Å². The molecule has 0 aliphatic heterocycles. The Hall–Kier alpha value is -1.55. The number of hydrogen-bond donors (Lipinski definition) is 0. The van der Waals surface area contributed by atoms with E-state index in [1.807, 2.05) is 37.3 Å². The summed E-state index contributed by atoms with van der Waals surface area (Å²) in [6.07, 6.45) is 1.36. The minimum atomic E-state index is -0.183. The number of halogens is 1. The van der Waals surface area contributed by atoms with Gasteiger partial charge in [0, 0.05) is 0 Å². The van der Waals surface area contributed by atoms with E-state index in [9.17, 15) is 0 Å². The van der Waals surface area contributed by atoms with E-state index in [0.717, 1.165) is 12.2 Å². The SMILES string of the molecule is CCC(Cl)c1noc(CCOc2ccccc2)n1. The highest BCUT2D eigenvalue weighted by atomic mass is 35.5. The lowest BCUT2D eigenvalue weighted by molar-refractivity contribution is 0.292. The van der Waals surface area contributed by atoms with E-state index in [1.54, 1.807) is 0 Å². The number of rotatable bonds is 6. The van der Waals surface area contributed by atoms with Crippen LogP contribution in [0.15, 0.2) is 34.9 Å². The van der Waals surface area contributed by atoms with E-state index in [0.29, 0.717) is 24.7 Å². The highest BCUT2D eigenvalue weighted by Gasteiger charge is 2.13. The Morgan fingerprint density at radius 2 is 2.11 bits per heavy atom. The van der Waals surface area contributed by atoms with Gasteiger partial charge < -0.3 is 9.26 Å². The number of aromatic nitrogens is 2. The second kappa shape index (κ2) is 6.40. The maximum absolute atomic E-state index is 6.02. The quantitative estimate of drug-likeness (QED) is 0.752. The van der Waals surface area contributed by atoms with Crippen molar-refractivity contribution in [3.05, 3.63) is 42.0 Å². The summed E-state index contributed by atoms with van der Waals surface area (Å²) in [5.41, 5.74) is 0.